The summed E-state index contributed by atoms with van der Waals surface area (Å²) < 4.78 is 0. The standard InChI is InChI=1S/C13H19ClN4O/c1-3-12-16-11(14)8-13(17-12)18-6-4-10(5-7-18)15-9(2)19/h8,10H,3-7H2,1-2H3,(H,15,19). The molecule has 2 rings (SSSR count). The summed E-state index contributed by atoms with van der Waals surface area (Å²) in [6, 6.07) is 2.08. The van der Waals surface area contributed by atoms with Crippen molar-refractivity contribution in [3.63, 3.8) is 0 Å². The summed E-state index contributed by atoms with van der Waals surface area (Å²) in [7, 11) is 0. The van der Waals surface area contributed by atoms with E-state index in [0.717, 1.165) is 44.0 Å². The zero-order valence-corrected chi connectivity index (χ0v) is 12.1. The zero-order chi connectivity index (χ0) is 13.8. The number of carbonyl (C=O) groups excluding carboxylic acids is 1. The molecule has 104 valence electrons. The molecule has 0 saturated carbocycles. The molecule has 1 saturated heterocycles. The minimum absolute atomic E-state index is 0.0387. The van der Waals surface area contributed by atoms with Crippen LogP contribution >= 0.6 is 11.6 Å². The summed E-state index contributed by atoms with van der Waals surface area (Å²) in [5.74, 6) is 1.70. The number of carbonyl (C=O) groups is 1. The van der Waals surface area contributed by atoms with Gasteiger partial charge in [-0.1, -0.05) is 18.5 Å². The molecule has 0 unspecified atom stereocenters. The third-order valence-electron chi connectivity index (χ3n) is 3.27. The average Bonchev–Trinajstić information content (AvgIpc) is 2.38. The largest absolute Gasteiger partial charge is 0.356 e. The first-order chi connectivity index (χ1) is 9.08. The molecular weight excluding hydrogens is 264 g/mol. The second-order valence-electron chi connectivity index (χ2n) is 4.78. The lowest BCUT2D eigenvalue weighted by molar-refractivity contribution is -0.119. The van der Waals surface area contributed by atoms with Crippen LogP contribution in [0, 0.1) is 0 Å². The molecule has 1 N–H and O–H groups in total. The zero-order valence-electron chi connectivity index (χ0n) is 11.3. The molecule has 5 nitrogen and oxygen atoms in total. The minimum atomic E-state index is 0.0387. The van der Waals surface area contributed by atoms with E-state index in [1.165, 1.54) is 0 Å². The number of hydrogen-bond donors (Lipinski definition) is 1. The summed E-state index contributed by atoms with van der Waals surface area (Å²) in [4.78, 5) is 21.9. The Balaban J connectivity index is 2.01. The van der Waals surface area contributed by atoms with Crippen LogP contribution in [0.1, 0.15) is 32.5 Å². The summed E-state index contributed by atoms with van der Waals surface area (Å²) in [6.07, 6.45) is 2.64. The van der Waals surface area contributed by atoms with Crippen molar-refractivity contribution < 1.29 is 4.79 Å². The van der Waals surface area contributed by atoms with Crippen LogP contribution in [0.25, 0.3) is 0 Å². The van der Waals surface area contributed by atoms with E-state index >= 15 is 0 Å². The SMILES string of the molecule is CCc1nc(Cl)cc(N2CCC(NC(C)=O)CC2)n1. The van der Waals surface area contributed by atoms with Crippen LogP contribution in [0.3, 0.4) is 0 Å². The highest BCUT2D eigenvalue weighted by molar-refractivity contribution is 6.29. The molecule has 6 heteroatoms. The van der Waals surface area contributed by atoms with Crippen molar-refractivity contribution >= 4 is 23.3 Å². The molecule has 0 aromatic carbocycles. The first kappa shape index (κ1) is 14.1. The van der Waals surface area contributed by atoms with E-state index in [0.29, 0.717) is 5.15 Å². The molecule has 0 spiro atoms. The Hall–Kier alpha value is -1.36. The van der Waals surface area contributed by atoms with E-state index in [4.69, 9.17) is 11.6 Å². The normalized spacial score (nSPS) is 16.5. The number of amides is 1. The molecule has 0 aliphatic carbocycles. The second kappa shape index (κ2) is 6.19. The summed E-state index contributed by atoms with van der Waals surface area (Å²) in [5, 5.41) is 3.45. The third kappa shape index (κ3) is 3.80. The summed E-state index contributed by atoms with van der Waals surface area (Å²) in [6.45, 7) is 5.32. The molecular formula is C13H19ClN4O. The van der Waals surface area contributed by atoms with E-state index < -0.39 is 0 Å². The van der Waals surface area contributed by atoms with Gasteiger partial charge in [0.05, 0.1) is 0 Å². The van der Waals surface area contributed by atoms with Crippen molar-refractivity contribution in [1.29, 1.82) is 0 Å². The van der Waals surface area contributed by atoms with Crippen LogP contribution < -0.4 is 10.2 Å². The monoisotopic (exact) mass is 282 g/mol. The predicted octanol–water partition coefficient (Wildman–Crippen LogP) is 1.80. The number of aromatic nitrogens is 2. The van der Waals surface area contributed by atoms with Gasteiger partial charge in [0.2, 0.25) is 5.91 Å². The van der Waals surface area contributed by atoms with Crippen molar-refractivity contribution in [2.45, 2.75) is 39.2 Å². The molecule has 0 radical (unpaired) electrons. The molecule has 1 aromatic rings. The minimum Gasteiger partial charge on any atom is -0.356 e. The molecule has 1 aliphatic heterocycles. The fourth-order valence-electron chi connectivity index (χ4n) is 2.31. The van der Waals surface area contributed by atoms with Crippen LogP contribution in [-0.2, 0) is 11.2 Å². The van der Waals surface area contributed by atoms with Crippen molar-refractivity contribution in [2.75, 3.05) is 18.0 Å². The van der Waals surface area contributed by atoms with E-state index in [1.54, 1.807) is 13.0 Å². The van der Waals surface area contributed by atoms with E-state index in [1.807, 2.05) is 6.92 Å². The van der Waals surface area contributed by atoms with E-state index in [2.05, 4.69) is 20.2 Å². The van der Waals surface area contributed by atoms with Crippen LogP contribution in [0.5, 0.6) is 0 Å². The van der Waals surface area contributed by atoms with Gasteiger partial charge >= 0.3 is 0 Å². The Morgan fingerprint density at radius 3 is 2.74 bits per heavy atom. The highest BCUT2D eigenvalue weighted by atomic mass is 35.5. The molecule has 2 heterocycles. The van der Waals surface area contributed by atoms with E-state index in [9.17, 15) is 4.79 Å². The third-order valence-corrected chi connectivity index (χ3v) is 3.46. The van der Waals surface area contributed by atoms with Crippen molar-refractivity contribution in [3.8, 4) is 0 Å². The maximum atomic E-state index is 11.0. The Labute approximate surface area is 118 Å². The lowest BCUT2D eigenvalue weighted by Crippen LogP contribution is -2.44. The maximum absolute atomic E-state index is 11.0. The van der Waals surface area contributed by atoms with Gasteiger partial charge in [-0.05, 0) is 12.8 Å². The van der Waals surface area contributed by atoms with Crippen LogP contribution in [-0.4, -0.2) is 35.0 Å². The Morgan fingerprint density at radius 2 is 2.16 bits per heavy atom. The lowest BCUT2D eigenvalue weighted by atomic mass is 10.1. The number of aryl methyl sites for hydroxylation is 1. The molecule has 19 heavy (non-hydrogen) atoms. The van der Waals surface area contributed by atoms with Gasteiger partial charge in [0, 0.05) is 38.5 Å². The Bertz CT molecular complexity index is 458. The van der Waals surface area contributed by atoms with Gasteiger partial charge in [0.1, 0.15) is 16.8 Å². The van der Waals surface area contributed by atoms with Gasteiger partial charge in [-0.2, -0.15) is 0 Å². The van der Waals surface area contributed by atoms with Crippen LogP contribution in [0.15, 0.2) is 6.07 Å². The molecule has 0 bridgehead atoms. The van der Waals surface area contributed by atoms with Crippen molar-refractivity contribution in [3.05, 3.63) is 17.0 Å². The van der Waals surface area contributed by atoms with Gasteiger partial charge < -0.3 is 10.2 Å². The second-order valence-corrected chi connectivity index (χ2v) is 5.17. The number of hydrogen-bond acceptors (Lipinski definition) is 4. The molecule has 1 fully saturated rings. The highest BCUT2D eigenvalue weighted by Gasteiger charge is 2.21. The van der Waals surface area contributed by atoms with Crippen molar-refractivity contribution in [1.82, 2.24) is 15.3 Å². The quantitative estimate of drug-likeness (QED) is 0.859. The molecule has 1 aromatic heterocycles. The molecule has 1 aliphatic rings. The number of nitrogens with zero attached hydrogens (tertiary/aromatic N) is 3. The van der Waals surface area contributed by atoms with Crippen molar-refractivity contribution in [2.24, 2.45) is 0 Å². The van der Waals surface area contributed by atoms with Gasteiger partial charge in [0.25, 0.3) is 0 Å². The Kier molecular flexibility index (Phi) is 4.58. The van der Waals surface area contributed by atoms with Gasteiger partial charge in [-0.25, -0.2) is 9.97 Å². The maximum Gasteiger partial charge on any atom is 0.217 e. The first-order valence-electron chi connectivity index (χ1n) is 6.64. The number of anilines is 1. The number of nitrogens with one attached hydrogen (secondary N) is 1. The van der Waals surface area contributed by atoms with Gasteiger partial charge in [-0.15, -0.1) is 0 Å². The number of halogens is 1. The number of piperidine rings is 1. The fourth-order valence-corrected chi connectivity index (χ4v) is 2.51. The molecule has 1 amide bonds. The van der Waals surface area contributed by atoms with Gasteiger partial charge in [0.15, 0.2) is 0 Å². The van der Waals surface area contributed by atoms with Crippen LogP contribution in [0.4, 0.5) is 5.82 Å². The number of rotatable bonds is 3. The smallest absolute Gasteiger partial charge is 0.217 e. The summed E-state index contributed by atoms with van der Waals surface area (Å²) in [5.41, 5.74) is 0. The first-order valence-corrected chi connectivity index (χ1v) is 7.01. The molecule has 0 atom stereocenters. The van der Waals surface area contributed by atoms with Crippen LogP contribution in [0.2, 0.25) is 5.15 Å². The van der Waals surface area contributed by atoms with Gasteiger partial charge in [-0.3, -0.25) is 4.79 Å². The topological polar surface area (TPSA) is 58.1 Å². The summed E-state index contributed by atoms with van der Waals surface area (Å²) >= 11 is 6.01. The van der Waals surface area contributed by atoms with E-state index in [-0.39, 0.29) is 11.9 Å². The predicted molar refractivity (Wildman–Crippen MR) is 75.5 cm³/mol. The highest BCUT2D eigenvalue weighted by Crippen LogP contribution is 2.20. The lowest BCUT2D eigenvalue weighted by Gasteiger charge is -2.33. The Morgan fingerprint density at radius 1 is 1.47 bits per heavy atom. The average molecular weight is 283 g/mol. The fraction of sp³-hybridized carbons (Fsp3) is 0.615.